The van der Waals surface area contributed by atoms with E-state index in [1.165, 1.54) is 6.42 Å². The van der Waals surface area contributed by atoms with E-state index in [0.717, 1.165) is 38.5 Å². The Kier molecular flexibility index (Phi) is 5.02. The summed E-state index contributed by atoms with van der Waals surface area (Å²) in [6.07, 6.45) is 8.45. The van der Waals surface area contributed by atoms with Gasteiger partial charge in [-0.15, -0.1) is 0 Å². The van der Waals surface area contributed by atoms with Crippen LogP contribution in [-0.4, -0.2) is 35.6 Å². The van der Waals surface area contributed by atoms with E-state index in [-0.39, 0.29) is 17.5 Å². The Morgan fingerprint density at radius 1 is 1.15 bits per heavy atom. The van der Waals surface area contributed by atoms with Gasteiger partial charge in [0.1, 0.15) is 0 Å². The van der Waals surface area contributed by atoms with Crippen LogP contribution in [0.2, 0.25) is 0 Å². The lowest BCUT2D eigenvalue weighted by molar-refractivity contribution is -0.142. The van der Waals surface area contributed by atoms with Gasteiger partial charge in [0, 0.05) is 18.0 Å². The highest BCUT2D eigenvalue weighted by atomic mass is 16.4. The lowest BCUT2D eigenvalue weighted by Crippen LogP contribution is -2.50. The second-order valence-electron chi connectivity index (χ2n) is 6.32. The fraction of sp³-hybridized carbons (Fsp3) is 0.867. The SMILES string of the molecule is CNC1(CC(=O)NC2CCCC2C(=O)O)CCCCC1. The van der Waals surface area contributed by atoms with Gasteiger partial charge in [0.2, 0.25) is 5.91 Å². The molecular weight excluding hydrogens is 256 g/mol. The number of rotatable bonds is 5. The molecule has 5 nitrogen and oxygen atoms in total. The molecular formula is C15H26N2O3. The van der Waals surface area contributed by atoms with Gasteiger partial charge in [0.05, 0.1) is 5.92 Å². The number of amides is 1. The van der Waals surface area contributed by atoms with Crippen molar-refractivity contribution in [1.29, 1.82) is 0 Å². The molecule has 0 aromatic heterocycles. The van der Waals surface area contributed by atoms with Crippen molar-refractivity contribution in [1.82, 2.24) is 10.6 Å². The first-order valence-corrected chi connectivity index (χ1v) is 7.77. The topological polar surface area (TPSA) is 78.4 Å². The lowest BCUT2D eigenvalue weighted by Gasteiger charge is -2.37. The fourth-order valence-corrected chi connectivity index (χ4v) is 3.74. The first-order chi connectivity index (χ1) is 9.56. The Labute approximate surface area is 120 Å². The molecule has 0 aliphatic heterocycles. The molecule has 0 saturated heterocycles. The molecule has 2 aliphatic carbocycles. The molecule has 20 heavy (non-hydrogen) atoms. The van der Waals surface area contributed by atoms with Gasteiger partial charge in [-0.3, -0.25) is 9.59 Å². The molecule has 2 unspecified atom stereocenters. The highest BCUT2D eigenvalue weighted by Gasteiger charge is 2.37. The maximum Gasteiger partial charge on any atom is 0.308 e. The Balaban J connectivity index is 1.89. The number of hydrogen-bond donors (Lipinski definition) is 3. The van der Waals surface area contributed by atoms with Crippen LogP contribution in [0, 0.1) is 5.92 Å². The van der Waals surface area contributed by atoms with E-state index in [9.17, 15) is 9.59 Å². The summed E-state index contributed by atoms with van der Waals surface area (Å²) in [5.74, 6) is -1.19. The molecule has 2 aliphatic rings. The molecule has 0 aromatic rings. The molecule has 1 amide bonds. The second-order valence-corrected chi connectivity index (χ2v) is 6.32. The minimum Gasteiger partial charge on any atom is -0.481 e. The Hall–Kier alpha value is -1.10. The summed E-state index contributed by atoms with van der Waals surface area (Å²) in [6.45, 7) is 0. The fourth-order valence-electron chi connectivity index (χ4n) is 3.74. The first-order valence-electron chi connectivity index (χ1n) is 7.77. The normalized spacial score (nSPS) is 29.1. The van der Waals surface area contributed by atoms with Gasteiger partial charge in [-0.2, -0.15) is 0 Å². The molecule has 0 radical (unpaired) electrons. The lowest BCUT2D eigenvalue weighted by atomic mass is 9.79. The minimum absolute atomic E-state index is 0.000556. The summed E-state index contributed by atoms with van der Waals surface area (Å²) in [7, 11) is 1.92. The van der Waals surface area contributed by atoms with Crippen LogP contribution in [0.25, 0.3) is 0 Å². The van der Waals surface area contributed by atoms with Crippen molar-refractivity contribution in [3.05, 3.63) is 0 Å². The molecule has 2 atom stereocenters. The number of nitrogens with one attached hydrogen (secondary N) is 2. The number of carboxylic acids is 1. The van der Waals surface area contributed by atoms with Crippen LogP contribution < -0.4 is 10.6 Å². The van der Waals surface area contributed by atoms with Gasteiger partial charge in [-0.25, -0.2) is 0 Å². The maximum absolute atomic E-state index is 12.3. The van der Waals surface area contributed by atoms with Crippen LogP contribution in [-0.2, 0) is 9.59 Å². The van der Waals surface area contributed by atoms with E-state index in [2.05, 4.69) is 10.6 Å². The van der Waals surface area contributed by atoms with Crippen LogP contribution in [0.15, 0.2) is 0 Å². The van der Waals surface area contributed by atoms with Crippen LogP contribution in [0.5, 0.6) is 0 Å². The Morgan fingerprint density at radius 3 is 2.45 bits per heavy atom. The summed E-state index contributed by atoms with van der Waals surface area (Å²) < 4.78 is 0. The third-order valence-corrected chi connectivity index (χ3v) is 5.02. The molecule has 3 N–H and O–H groups in total. The summed E-state index contributed by atoms with van der Waals surface area (Å²) in [5, 5.41) is 15.4. The monoisotopic (exact) mass is 282 g/mol. The van der Waals surface area contributed by atoms with Crippen molar-refractivity contribution in [2.75, 3.05) is 7.05 Å². The number of carboxylic acid groups (broad SMARTS) is 1. The van der Waals surface area contributed by atoms with Crippen molar-refractivity contribution >= 4 is 11.9 Å². The van der Waals surface area contributed by atoms with Crippen molar-refractivity contribution in [2.45, 2.75) is 69.4 Å². The Bertz CT molecular complexity index is 364. The van der Waals surface area contributed by atoms with Crippen molar-refractivity contribution < 1.29 is 14.7 Å². The van der Waals surface area contributed by atoms with Crippen LogP contribution >= 0.6 is 0 Å². The van der Waals surface area contributed by atoms with Gasteiger partial charge < -0.3 is 15.7 Å². The Morgan fingerprint density at radius 2 is 1.85 bits per heavy atom. The number of carbonyl (C=O) groups is 2. The van der Waals surface area contributed by atoms with E-state index < -0.39 is 11.9 Å². The highest BCUT2D eigenvalue weighted by molar-refractivity contribution is 5.79. The zero-order valence-corrected chi connectivity index (χ0v) is 12.3. The summed E-state index contributed by atoms with van der Waals surface area (Å²) in [4.78, 5) is 23.4. The minimum atomic E-state index is -0.784. The van der Waals surface area contributed by atoms with E-state index in [0.29, 0.717) is 12.8 Å². The number of carbonyl (C=O) groups excluding carboxylic acids is 1. The van der Waals surface area contributed by atoms with E-state index in [1.807, 2.05) is 7.05 Å². The molecule has 5 heteroatoms. The van der Waals surface area contributed by atoms with Crippen LogP contribution in [0.1, 0.15) is 57.8 Å². The van der Waals surface area contributed by atoms with Gasteiger partial charge in [0.25, 0.3) is 0 Å². The highest BCUT2D eigenvalue weighted by Crippen LogP contribution is 2.31. The van der Waals surface area contributed by atoms with Crippen LogP contribution in [0.3, 0.4) is 0 Å². The molecule has 0 heterocycles. The zero-order chi connectivity index (χ0) is 14.6. The molecule has 114 valence electrons. The zero-order valence-electron chi connectivity index (χ0n) is 12.3. The molecule has 0 bridgehead atoms. The first kappa shape index (κ1) is 15.3. The average molecular weight is 282 g/mol. The molecule has 0 aromatic carbocycles. The van der Waals surface area contributed by atoms with Crippen molar-refractivity contribution in [2.24, 2.45) is 5.92 Å². The predicted molar refractivity (Wildman–Crippen MR) is 76.4 cm³/mol. The molecule has 2 saturated carbocycles. The van der Waals surface area contributed by atoms with Crippen molar-refractivity contribution in [3.8, 4) is 0 Å². The van der Waals surface area contributed by atoms with E-state index >= 15 is 0 Å². The van der Waals surface area contributed by atoms with Gasteiger partial charge in [-0.05, 0) is 32.7 Å². The largest absolute Gasteiger partial charge is 0.481 e. The maximum atomic E-state index is 12.3. The molecule has 0 spiro atoms. The molecule has 2 rings (SSSR count). The summed E-state index contributed by atoms with van der Waals surface area (Å²) in [6, 6.07) is -0.183. The van der Waals surface area contributed by atoms with Crippen LogP contribution in [0.4, 0.5) is 0 Å². The third-order valence-electron chi connectivity index (χ3n) is 5.02. The third kappa shape index (κ3) is 3.51. The summed E-state index contributed by atoms with van der Waals surface area (Å²) >= 11 is 0. The van der Waals surface area contributed by atoms with Gasteiger partial charge in [-0.1, -0.05) is 25.7 Å². The number of hydrogen-bond acceptors (Lipinski definition) is 3. The molecule has 2 fully saturated rings. The smallest absolute Gasteiger partial charge is 0.308 e. The average Bonchev–Trinajstić information content (AvgIpc) is 2.88. The quantitative estimate of drug-likeness (QED) is 0.716. The van der Waals surface area contributed by atoms with Crippen molar-refractivity contribution in [3.63, 3.8) is 0 Å². The second kappa shape index (κ2) is 6.57. The standard InChI is InChI=1S/C15H26N2O3/c1-16-15(8-3-2-4-9-15)10-13(18)17-12-7-5-6-11(12)14(19)20/h11-12,16H,2-10H2,1H3,(H,17,18)(H,19,20). The van der Waals surface area contributed by atoms with E-state index in [1.54, 1.807) is 0 Å². The van der Waals surface area contributed by atoms with Gasteiger partial charge >= 0.3 is 5.97 Å². The predicted octanol–water partition coefficient (Wildman–Crippen LogP) is 1.67. The van der Waals surface area contributed by atoms with Gasteiger partial charge in [0.15, 0.2) is 0 Å². The number of aliphatic carboxylic acids is 1. The van der Waals surface area contributed by atoms with E-state index in [4.69, 9.17) is 5.11 Å². The summed E-state index contributed by atoms with van der Waals surface area (Å²) in [5.41, 5.74) is -0.0837.